The number of carboxylic acid groups (broad SMARTS) is 1. The lowest BCUT2D eigenvalue weighted by Gasteiger charge is -2.19. The van der Waals surface area contributed by atoms with Gasteiger partial charge >= 0.3 is 5.97 Å². The molecule has 0 saturated carbocycles. The van der Waals surface area contributed by atoms with E-state index in [1.54, 1.807) is 38.1 Å². The van der Waals surface area contributed by atoms with E-state index in [4.69, 9.17) is 5.26 Å². The van der Waals surface area contributed by atoms with Crippen molar-refractivity contribution in [3.05, 3.63) is 41.9 Å². The number of aromatic amines is 1. The average Bonchev–Trinajstić information content (AvgIpc) is 3.02. The molecule has 22 heavy (non-hydrogen) atoms. The van der Waals surface area contributed by atoms with Gasteiger partial charge in [0.25, 0.3) is 0 Å². The zero-order valence-corrected chi connectivity index (χ0v) is 12.0. The number of anilines is 1. The second-order valence-electron chi connectivity index (χ2n) is 5.06. The van der Waals surface area contributed by atoms with E-state index in [0.717, 1.165) is 0 Å². The van der Waals surface area contributed by atoms with Gasteiger partial charge in [0.05, 0.1) is 5.41 Å². The van der Waals surface area contributed by atoms with Crippen LogP contribution in [0, 0.1) is 11.3 Å². The number of nitrogens with zero attached hydrogens (tertiary/aromatic N) is 4. The SMILES string of the molecule is CC(C)(C(=O)O)c1ccc(NC=C(C#N)c2nn[nH]n2)cc1. The summed E-state index contributed by atoms with van der Waals surface area (Å²) >= 11 is 0. The molecule has 0 atom stereocenters. The van der Waals surface area contributed by atoms with Crippen LogP contribution in [0.4, 0.5) is 5.69 Å². The summed E-state index contributed by atoms with van der Waals surface area (Å²) in [5, 5.41) is 34.3. The minimum absolute atomic E-state index is 0.193. The Morgan fingerprint density at radius 1 is 1.41 bits per heavy atom. The summed E-state index contributed by atoms with van der Waals surface area (Å²) in [7, 11) is 0. The molecule has 2 aromatic rings. The van der Waals surface area contributed by atoms with Crippen molar-refractivity contribution in [3.63, 3.8) is 0 Å². The van der Waals surface area contributed by atoms with Crippen LogP contribution in [-0.4, -0.2) is 31.7 Å². The van der Waals surface area contributed by atoms with E-state index in [-0.39, 0.29) is 11.4 Å². The fourth-order valence-electron chi connectivity index (χ4n) is 1.68. The molecule has 2 rings (SSSR count). The molecule has 1 aromatic heterocycles. The Balaban J connectivity index is 2.16. The van der Waals surface area contributed by atoms with E-state index >= 15 is 0 Å². The van der Waals surface area contributed by atoms with Crippen LogP contribution in [0.2, 0.25) is 0 Å². The molecule has 0 saturated heterocycles. The summed E-state index contributed by atoms with van der Waals surface area (Å²) in [6.45, 7) is 3.28. The number of nitrogens with one attached hydrogen (secondary N) is 2. The van der Waals surface area contributed by atoms with Crippen LogP contribution < -0.4 is 5.32 Å². The second-order valence-corrected chi connectivity index (χ2v) is 5.06. The third kappa shape index (κ3) is 3.09. The summed E-state index contributed by atoms with van der Waals surface area (Å²) < 4.78 is 0. The molecule has 3 N–H and O–H groups in total. The first-order valence-electron chi connectivity index (χ1n) is 6.39. The number of carbonyl (C=O) groups is 1. The molecule has 0 aliphatic heterocycles. The summed E-state index contributed by atoms with van der Waals surface area (Å²) in [5.74, 6) is -0.699. The van der Waals surface area contributed by atoms with Gasteiger partial charge in [-0.15, -0.1) is 10.2 Å². The number of tetrazole rings is 1. The van der Waals surface area contributed by atoms with Crippen molar-refractivity contribution in [2.45, 2.75) is 19.3 Å². The Morgan fingerprint density at radius 3 is 2.59 bits per heavy atom. The fourth-order valence-corrected chi connectivity index (χ4v) is 1.68. The zero-order valence-electron chi connectivity index (χ0n) is 12.0. The standard InChI is InChI=1S/C14H14N6O2/c1-14(2,13(21)22)10-3-5-11(6-4-10)16-8-9(7-15)12-17-19-20-18-12/h3-6,8,16H,1-2H3,(H,21,22)(H,17,18,19,20). The molecular formula is C14H14N6O2. The highest BCUT2D eigenvalue weighted by molar-refractivity contribution is 5.80. The van der Waals surface area contributed by atoms with Crippen LogP contribution >= 0.6 is 0 Å². The lowest BCUT2D eigenvalue weighted by Crippen LogP contribution is -2.28. The third-order valence-electron chi connectivity index (χ3n) is 3.23. The Bertz CT molecular complexity index is 726. The predicted molar refractivity (Wildman–Crippen MR) is 78.5 cm³/mol. The number of nitriles is 1. The molecular weight excluding hydrogens is 284 g/mol. The topological polar surface area (TPSA) is 128 Å². The van der Waals surface area contributed by atoms with E-state index in [2.05, 4.69) is 25.9 Å². The van der Waals surface area contributed by atoms with E-state index in [1.165, 1.54) is 6.20 Å². The molecule has 1 heterocycles. The number of benzene rings is 1. The van der Waals surface area contributed by atoms with Gasteiger partial charge < -0.3 is 10.4 Å². The maximum Gasteiger partial charge on any atom is 0.313 e. The Morgan fingerprint density at radius 2 is 2.09 bits per heavy atom. The molecule has 0 radical (unpaired) electrons. The molecule has 0 amide bonds. The van der Waals surface area contributed by atoms with Crippen LogP contribution in [0.15, 0.2) is 30.5 Å². The Labute approximate surface area is 126 Å². The molecule has 0 fully saturated rings. The number of carboxylic acids is 1. The monoisotopic (exact) mass is 298 g/mol. The van der Waals surface area contributed by atoms with E-state index in [0.29, 0.717) is 11.3 Å². The van der Waals surface area contributed by atoms with Crippen LogP contribution in [0.5, 0.6) is 0 Å². The van der Waals surface area contributed by atoms with Crippen LogP contribution in [-0.2, 0) is 10.2 Å². The van der Waals surface area contributed by atoms with E-state index in [1.807, 2.05) is 6.07 Å². The summed E-state index contributed by atoms with van der Waals surface area (Å²) in [4.78, 5) is 11.2. The van der Waals surface area contributed by atoms with Gasteiger partial charge in [0.1, 0.15) is 11.6 Å². The smallest absolute Gasteiger partial charge is 0.313 e. The molecule has 0 spiro atoms. The van der Waals surface area contributed by atoms with Gasteiger partial charge in [0, 0.05) is 11.9 Å². The number of hydrogen-bond acceptors (Lipinski definition) is 6. The van der Waals surface area contributed by atoms with Crippen molar-refractivity contribution < 1.29 is 9.90 Å². The normalized spacial score (nSPS) is 11.8. The van der Waals surface area contributed by atoms with Crippen molar-refractivity contribution in [1.29, 1.82) is 5.26 Å². The fraction of sp³-hybridized carbons (Fsp3) is 0.214. The number of H-pyrrole nitrogens is 1. The largest absolute Gasteiger partial charge is 0.481 e. The van der Waals surface area contributed by atoms with Crippen molar-refractivity contribution >= 4 is 17.2 Å². The predicted octanol–water partition coefficient (Wildman–Crippen LogP) is 1.54. The molecule has 0 aliphatic carbocycles. The minimum atomic E-state index is -0.961. The molecule has 0 unspecified atom stereocenters. The molecule has 8 nitrogen and oxygen atoms in total. The highest BCUT2D eigenvalue weighted by atomic mass is 16.4. The number of rotatable bonds is 5. The number of aliphatic carboxylic acids is 1. The van der Waals surface area contributed by atoms with Gasteiger partial charge in [-0.3, -0.25) is 4.79 Å². The van der Waals surface area contributed by atoms with Crippen molar-refractivity contribution in [2.24, 2.45) is 0 Å². The van der Waals surface area contributed by atoms with Crippen molar-refractivity contribution in [1.82, 2.24) is 20.6 Å². The minimum Gasteiger partial charge on any atom is -0.481 e. The quantitative estimate of drug-likeness (QED) is 0.714. The van der Waals surface area contributed by atoms with Gasteiger partial charge in [-0.25, -0.2) is 0 Å². The van der Waals surface area contributed by atoms with Crippen LogP contribution in [0.1, 0.15) is 25.2 Å². The highest BCUT2D eigenvalue weighted by Crippen LogP contribution is 2.24. The maximum absolute atomic E-state index is 11.2. The number of allylic oxidation sites excluding steroid dienone is 1. The molecule has 0 aliphatic rings. The van der Waals surface area contributed by atoms with Crippen LogP contribution in [0.25, 0.3) is 5.57 Å². The van der Waals surface area contributed by atoms with Gasteiger partial charge in [0.2, 0.25) is 5.82 Å². The second kappa shape index (κ2) is 6.05. The van der Waals surface area contributed by atoms with Gasteiger partial charge in [-0.05, 0) is 36.8 Å². The first kappa shape index (κ1) is 15.2. The average molecular weight is 298 g/mol. The molecule has 8 heteroatoms. The molecule has 0 bridgehead atoms. The summed E-state index contributed by atoms with van der Waals surface area (Å²) in [6.07, 6.45) is 1.46. The summed E-state index contributed by atoms with van der Waals surface area (Å²) in [6, 6.07) is 8.89. The molecule has 1 aromatic carbocycles. The highest BCUT2D eigenvalue weighted by Gasteiger charge is 2.29. The third-order valence-corrected chi connectivity index (χ3v) is 3.23. The van der Waals surface area contributed by atoms with E-state index in [9.17, 15) is 9.90 Å². The zero-order chi connectivity index (χ0) is 16.2. The first-order valence-corrected chi connectivity index (χ1v) is 6.39. The van der Waals surface area contributed by atoms with Gasteiger partial charge in [-0.2, -0.15) is 10.5 Å². The van der Waals surface area contributed by atoms with Crippen LogP contribution in [0.3, 0.4) is 0 Å². The number of aromatic nitrogens is 4. The van der Waals surface area contributed by atoms with E-state index < -0.39 is 11.4 Å². The van der Waals surface area contributed by atoms with Gasteiger partial charge in [0.15, 0.2) is 0 Å². The molecule has 112 valence electrons. The van der Waals surface area contributed by atoms with Crippen molar-refractivity contribution in [2.75, 3.05) is 5.32 Å². The Kier molecular flexibility index (Phi) is 4.18. The lowest BCUT2D eigenvalue weighted by molar-refractivity contribution is -0.142. The Hall–Kier alpha value is -3.21. The lowest BCUT2D eigenvalue weighted by atomic mass is 9.85. The van der Waals surface area contributed by atoms with Gasteiger partial charge in [-0.1, -0.05) is 12.1 Å². The maximum atomic E-state index is 11.2. The van der Waals surface area contributed by atoms with Crippen molar-refractivity contribution in [3.8, 4) is 6.07 Å². The summed E-state index contributed by atoms with van der Waals surface area (Å²) in [5.41, 5.74) is 0.662. The first-order chi connectivity index (χ1) is 10.4. The number of hydrogen-bond donors (Lipinski definition) is 3.